The second kappa shape index (κ2) is 6.94. The van der Waals surface area contributed by atoms with Crippen LogP contribution in [0.25, 0.3) is 0 Å². The zero-order chi connectivity index (χ0) is 14.5. The van der Waals surface area contributed by atoms with Crippen molar-refractivity contribution in [3.63, 3.8) is 0 Å². The minimum absolute atomic E-state index is 0.387. The lowest BCUT2D eigenvalue weighted by molar-refractivity contribution is 0.0992. The van der Waals surface area contributed by atoms with Gasteiger partial charge in [0.2, 0.25) is 0 Å². The number of aliphatic imine (C=N–C) groups is 1. The highest BCUT2D eigenvalue weighted by Crippen LogP contribution is 2.34. The average Bonchev–Trinajstić information content (AvgIpc) is 3.14. The second-order valence-corrected chi connectivity index (χ2v) is 5.95. The summed E-state index contributed by atoms with van der Waals surface area (Å²) in [7, 11) is 1.83. The third-order valence-electron chi connectivity index (χ3n) is 4.43. The average molecular weight is 287 g/mol. The summed E-state index contributed by atoms with van der Waals surface area (Å²) in [6, 6.07) is 11.0. The van der Waals surface area contributed by atoms with Crippen LogP contribution in [0.3, 0.4) is 0 Å². The molecule has 1 aromatic carbocycles. The zero-order valence-corrected chi connectivity index (χ0v) is 12.7. The molecule has 1 aromatic rings. The van der Waals surface area contributed by atoms with Gasteiger partial charge in [-0.1, -0.05) is 30.3 Å². The number of aryl methyl sites for hydroxylation is 1. The lowest BCUT2D eigenvalue weighted by Gasteiger charge is -2.22. The highest BCUT2D eigenvalue weighted by molar-refractivity contribution is 5.80. The number of guanidine groups is 1. The van der Waals surface area contributed by atoms with Gasteiger partial charge in [-0.2, -0.15) is 0 Å². The Morgan fingerprint density at radius 3 is 2.81 bits per heavy atom. The monoisotopic (exact) mass is 287 g/mol. The van der Waals surface area contributed by atoms with Crippen molar-refractivity contribution >= 4 is 5.96 Å². The van der Waals surface area contributed by atoms with Crippen molar-refractivity contribution in [1.82, 2.24) is 10.6 Å². The minimum Gasteiger partial charge on any atom is -0.373 e. The number of ether oxygens (including phenoxy) is 1. The molecule has 4 heteroatoms. The molecule has 2 fully saturated rings. The Balaban J connectivity index is 1.37. The molecule has 0 amide bonds. The fourth-order valence-electron chi connectivity index (χ4n) is 3.30. The van der Waals surface area contributed by atoms with Crippen LogP contribution in [0.2, 0.25) is 0 Å². The summed E-state index contributed by atoms with van der Waals surface area (Å²) in [5.41, 5.74) is 1.39. The van der Waals surface area contributed by atoms with Crippen LogP contribution < -0.4 is 10.6 Å². The predicted molar refractivity (Wildman–Crippen MR) is 85.6 cm³/mol. The molecule has 4 nitrogen and oxygen atoms in total. The Morgan fingerprint density at radius 1 is 1.29 bits per heavy atom. The fraction of sp³-hybridized carbons (Fsp3) is 0.588. The third kappa shape index (κ3) is 3.76. The molecular weight excluding hydrogens is 262 g/mol. The molecule has 2 heterocycles. The first-order valence-electron chi connectivity index (χ1n) is 8.02. The molecule has 0 aromatic heterocycles. The highest BCUT2D eigenvalue weighted by Gasteiger charge is 2.40. The molecule has 21 heavy (non-hydrogen) atoms. The van der Waals surface area contributed by atoms with E-state index >= 15 is 0 Å². The molecule has 0 aliphatic carbocycles. The Kier molecular flexibility index (Phi) is 4.76. The summed E-state index contributed by atoms with van der Waals surface area (Å²) in [6.07, 6.45) is 6.61. The van der Waals surface area contributed by atoms with Gasteiger partial charge in [0.1, 0.15) is 0 Å². The van der Waals surface area contributed by atoms with Gasteiger partial charge < -0.3 is 15.4 Å². The first-order chi connectivity index (χ1) is 10.3. The summed E-state index contributed by atoms with van der Waals surface area (Å²) in [4.78, 5) is 4.32. The predicted octanol–water partition coefficient (Wildman–Crippen LogP) is 2.10. The van der Waals surface area contributed by atoms with Crippen LogP contribution in [0.5, 0.6) is 0 Å². The van der Waals surface area contributed by atoms with E-state index in [2.05, 4.69) is 46.0 Å². The summed E-state index contributed by atoms with van der Waals surface area (Å²) >= 11 is 0. The number of hydrogen-bond acceptors (Lipinski definition) is 2. The van der Waals surface area contributed by atoms with Gasteiger partial charge in [-0.05, 0) is 37.7 Å². The standard InChI is InChI=1S/C17H25N3O/c1-18-17(20-15-12-14-9-10-16(15)21-14)19-11-5-8-13-6-3-2-4-7-13/h2-4,6-7,14-16H,5,8-12H2,1H3,(H2,18,19,20). The lowest BCUT2D eigenvalue weighted by Crippen LogP contribution is -2.47. The van der Waals surface area contributed by atoms with Crippen molar-refractivity contribution < 1.29 is 4.74 Å². The molecule has 2 bridgehead atoms. The van der Waals surface area contributed by atoms with Crippen molar-refractivity contribution in [1.29, 1.82) is 0 Å². The van der Waals surface area contributed by atoms with E-state index in [1.807, 2.05) is 7.05 Å². The van der Waals surface area contributed by atoms with Crippen LogP contribution in [0.15, 0.2) is 35.3 Å². The molecule has 0 spiro atoms. The molecule has 0 saturated carbocycles. The Morgan fingerprint density at radius 2 is 2.14 bits per heavy atom. The van der Waals surface area contributed by atoms with Crippen molar-refractivity contribution in [3.8, 4) is 0 Å². The summed E-state index contributed by atoms with van der Waals surface area (Å²) in [6.45, 7) is 0.941. The topological polar surface area (TPSA) is 45.7 Å². The molecular formula is C17H25N3O. The van der Waals surface area contributed by atoms with E-state index < -0.39 is 0 Å². The van der Waals surface area contributed by atoms with Crippen LogP contribution >= 0.6 is 0 Å². The van der Waals surface area contributed by atoms with E-state index in [-0.39, 0.29) is 0 Å². The minimum atomic E-state index is 0.387. The summed E-state index contributed by atoms with van der Waals surface area (Å²) in [5.74, 6) is 0.907. The van der Waals surface area contributed by atoms with Gasteiger partial charge in [-0.3, -0.25) is 4.99 Å². The zero-order valence-electron chi connectivity index (χ0n) is 12.7. The van der Waals surface area contributed by atoms with Gasteiger partial charge >= 0.3 is 0 Å². The molecule has 2 N–H and O–H groups in total. The van der Waals surface area contributed by atoms with E-state index in [4.69, 9.17) is 4.74 Å². The van der Waals surface area contributed by atoms with Crippen LogP contribution in [0, 0.1) is 0 Å². The molecule has 2 aliphatic rings. The fourth-order valence-corrected chi connectivity index (χ4v) is 3.30. The maximum Gasteiger partial charge on any atom is 0.191 e. The van der Waals surface area contributed by atoms with Gasteiger partial charge in [0, 0.05) is 13.6 Å². The molecule has 0 radical (unpaired) electrons. The van der Waals surface area contributed by atoms with Crippen LogP contribution in [-0.2, 0) is 11.2 Å². The molecule has 114 valence electrons. The van der Waals surface area contributed by atoms with E-state index in [0.29, 0.717) is 18.2 Å². The maximum absolute atomic E-state index is 5.87. The SMILES string of the molecule is CN=C(NCCCc1ccccc1)NC1CC2CCC1O2. The molecule has 2 saturated heterocycles. The normalized spacial score (nSPS) is 27.9. The third-order valence-corrected chi connectivity index (χ3v) is 4.43. The smallest absolute Gasteiger partial charge is 0.191 e. The Hall–Kier alpha value is -1.55. The van der Waals surface area contributed by atoms with Crippen molar-refractivity contribution in [3.05, 3.63) is 35.9 Å². The van der Waals surface area contributed by atoms with Gasteiger partial charge in [0.05, 0.1) is 18.2 Å². The lowest BCUT2D eigenvalue weighted by atomic mass is 9.96. The molecule has 3 rings (SSSR count). The summed E-state index contributed by atoms with van der Waals surface area (Å²) in [5, 5.41) is 6.92. The quantitative estimate of drug-likeness (QED) is 0.495. The molecule has 2 aliphatic heterocycles. The van der Waals surface area contributed by atoms with E-state index in [1.165, 1.54) is 18.4 Å². The number of hydrogen-bond donors (Lipinski definition) is 2. The number of nitrogens with zero attached hydrogens (tertiary/aromatic N) is 1. The van der Waals surface area contributed by atoms with Crippen molar-refractivity contribution in [2.75, 3.05) is 13.6 Å². The van der Waals surface area contributed by atoms with Gasteiger partial charge in [0.15, 0.2) is 5.96 Å². The van der Waals surface area contributed by atoms with Crippen LogP contribution in [0.1, 0.15) is 31.2 Å². The van der Waals surface area contributed by atoms with Gasteiger partial charge in [-0.15, -0.1) is 0 Å². The Bertz CT molecular complexity index is 474. The maximum atomic E-state index is 5.87. The Labute approximate surface area is 127 Å². The number of rotatable bonds is 5. The van der Waals surface area contributed by atoms with Crippen LogP contribution in [-0.4, -0.2) is 37.8 Å². The second-order valence-electron chi connectivity index (χ2n) is 5.95. The number of benzene rings is 1. The highest BCUT2D eigenvalue weighted by atomic mass is 16.5. The van der Waals surface area contributed by atoms with E-state index in [9.17, 15) is 0 Å². The first kappa shape index (κ1) is 14.4. The van der Waals surface area contributed by atoms with Gasteiger partial charge in [-0.25, -0.2) is 0 Å². The van der Waals surface area contributed by atoms with Crippen molar-refractivity contribution in [2.24, 2.45) is 4.99 Å². The largest absolute Gasteiger partial charge is 0.373 e. The number of fused-ring (bicyclic) bond motifs is 2. The molecule has 3 atom stereocenters. The van der Waals surface area contributed by atoms with Crippen molar-refractivity contribution in [2.45, 2.75) is 50.4 Å². The van der Waals surface area contributed by atoms with Gasteiger partial charge in [0.25, 0.3) is 0 Å². The van der Waals surface area contributed by atoms with E-state index in [1.54, 1.807) is 0 Å². The van der Waals surface area contributed by atoms with Crippen LogP contribution in [0.4, 0.5) is 0 Å². The summed E-state index contributed by atoms with van der Waals surface area (Å²) < 4.78 is 5.87. The molecule has 3 unspecified atom stereocenters. The van der Waals surface area contributed by atoms with E-state index in [0.717, 1.165) is 31.8 Å². The first-order valence-corrected chi connectivity index (χ1v) is 8.02. The number of nitrogens with one attached hydrogen (secondary N) is 2.